The fourth-order valence-corrected chi connectivity index (χ4v) is 4.22. The molecule has 1 spiro atoms. The van der Waals surface area contributed by atoms with E-state index in [1.54, 1.807) is 0 Å². The lowest BCUT2D eigenvalue weighted by Crippen LogP contribution is -2.43. The highest BCUT2D eigenvalue weighted by molar-refractivity contribution is 6.21. The van der Waals surface area contributed by atoms with E-state index >= 15 is 0 Å². The first-order valence-corrected chi connectivity index (χ1v) is 9.52. The predicted molar refractivity (Wildman–Crippen MR) is 97.9 cm³/mol. The molecular formula is C21H26N2O2. The standard InChI is InChI=1S/C21H26N2O2/c1-2-19(24)23-11-9-21(10-12-23)13-17(16-5-3-4-6-18(16)21)20(25)22-14-15-7-8-15/h3-6,13,15H,2,7-12,14H2,1H3,(H,22,25). The molecule has 1 heterocycles. The van der Waals surface area contributed by atoms with Crippen molar-refractivity contribution in [2.24, 2.45) is 5.92 Å². The van der Waals surface area contributed by atoms with Crippen LogP contribution in [0.1, 0.15) is 50.2 Å². The minimum Gasteiger partial charge on any atom is -0.352 e. The van der Waals surface area contributed by atoms with Crippen molar-refractivity contribution in [1.82, 2.24) is 10.2 Å². The van der Waals surface area contributed by atoms with Crippen LogP contribution in [-0.2, 0) is 15.0 Å². The molecule has 2 amide bonds. The van der Waals surface area contributed by atoms with Gasteiger partial charge in [-0.1, -0.05) is 37.3 Å². The number of rotatable bonds is 4. The minimum absolute atomic E-state index is 0.0586. The Morgan fingerprint density at radius 1 is 1.20 bits per heavy atom. The number of carbonyl (C=O) groups excluding carboxylic acids is 2. The van der Waals surface area contributed by atoms with Gasteiger partial charge >= 0.3 is 0 Å². The molecule has 1 aromatic carbocycles. The topological polar surface area (TPSA) is 49.4 Å². The molecule has 0 radical (unpaired) electrons. The Morgan fingerprint density at radius 2 is 1.92 bits per heavy atom. The number of nitrogens with zero attached hydrogens (tertiary/aromatic N) is 1. The van der Waals surface area contributed by atoms with E-state index in [1.807, 2.05) is 17.9 Å². The summed E-state index contributed by atoms with van der Waals surface area (Å²) in [7, 11) is 0. The normalized spacial score (nSPS) is 21.0. The number of carbonyl (C=O) groups is 2. The average Bonchev–Trinajstić information content (AvgIpc) is 3.43. The van der Waals surface area contributed by atoms with Crippen LogP contribution in [0.25, 0.3) is 5.57 Å². The maximum atomic E-state index is 12.7. The minimum atomic E-state index is -0.0899. The Kier molecular flexibility index (Phi) is 4.14. The first-order chi connectivity index (χ1) is 12.1. The second kappa shape index (κ2) is 6.32. The number of amides is 2. The van der Waals surface area contributed by atoms with Gasteiger partial charge in [-0.2, -0.15) is 0 Å². The van der Waals surface area contributed by atoms with Crippen LogP contribution in [0, 0.1) is 5.92 Å². The van der Waals surface area contributed by atoms with E-state index in [0.717, 1.165) is 43.6 Å². The summed E-state index contributed by atoms with van der Waals surface area (Å²) in [4.78, 5) is 26.7. The zero-order chi connectivity index (χ0) is 17.4. The molecule has 1 N–H and O–H groups in total. The lowest BCUT2D eigenvalue weighted by atomic mass is 9.74. The van der Waals surface area contributed by atoms with Gasteiger partial charge in [-0.3, -0.25) is 9.59 Å². The van der Waals surface area contributed by atoms with Gasteiger partial charge in [0.15, 0.2) is 0 Å². The zero-order valence-electron chi connectivity index (χ0n) is 14.9. The molecule has 4 rings (SSSR count). The maximum absolute atomic E-state index is 12.7. The lowest BCUT2D eigenvalue weighted by Gasteiger charge is -2.39. The first-order valence-electron chi connectivity index (χ1n) is 9.52. The highest BCUT2D eigenvalue weighted by atomic mass is 16.2. The van der Waals surface area contributed by atoms with Crippen molar-refractivity contribution in [2.45, 2.75) is 44.4 Å². The lowest BCUT2D eigenvalue weighted by molar-refractivity contribution is -0.132. The molecule has 2 fully saturated rings. The van der Waals surface area contributed by atoms with Crippen LogP contribution in [0.15, 0.2) is 30.3 Å². The van der Waals surface area contributed by atoms with E-state index in [9.17, 15) is 9.59 Å². The summed E-state index contributed by atoms with van der Waals surface area (Å²) in [6, 6.07) is 8.29. The largest absolute Gasteiger partial charge is 0.352 e. The van der Waals surface area contributed by atoms with Gasteiger partial charge in [0.05, 0.1) is 0 Å². The van der Waals surface area contributed by atoms with Gasteiger partial charge < -0.3 is 10.2 Å². The molecule has 1 aliphatic heterocycles. The van der Waals surface area contributed by atoms with Gasteiger partial charge in [-0.05, 0) is 42.7 Å². The molecule has 0 aromatic heterocycles. The average molecular weight is 338 g/mol. The summed E-state index contributed by atoms with van der Waals surface area (Å²) in [5.74, 6) is 0.967. The highest BCUT2D eigenvalue weighted by Gasteiger charge is 2.42. The number of likely N-dealkylation sites (tertiary alicyclic amines) is 1. The second-order valence-electron chi connectivity index (χ2n) is 7.65. The van der Waals surface area contributed by atoms with Crippen molar-refractivity contribution in [2.75, 3.05) is 19.6 Å². The number of fused-ring (bicyclic) bond motifs is 2. The van der Waals surface area contributed by atoms with E-state index in [-0.39, 0.29) is 17.2 Å². The van der Waals surface area contributed by atoms with Gasteiger partial charge in [-0.15, -0.1) is 0 Å². The Bertz CT molecular complexity index is 725. The molecular weight excluding hydrogens is 312 g/mol. The number of hydrogen-bond acceptors (Lipinski definition) is 2. The number of hydrogen-bond donors (Lipinski definition) is 1. The summed E-state index contributed by atoms with van der Waals surface area (Å²) in [6.07, 6.45) is 7.02. The summed E-state index contributed by atoms with van der Waals surface area (Å²) < 4.78 is 0. The molecule has 2 aliphatic carbocycles. The smallest absolute Gasteiger partial charge is 0.251 e. The van der Waals surface area contributed by atoms with Crippen molar-refractivity contribution in [3.63, 3.8) is 0 Å². The summed E-state index contributed by atoms with van der Waals surface area (Å²) >= 11 is 0. The van der Waals surface area contributed by atoms with Gasteiger partial charge in [0.2, 0.25) is 5.91 Å². The molecule has 25 heavy (non-hydrogen) atoms. The first kappa shape index (κ1) is 16.4. The molecule has 0 unspecified atom stereocenters. The maximum Gasteiger partial charge on any atom is 0.251 e. The van der Waals surface area contributed by atoms with E-state index in [4.69, 9.17) is 0 Å². The van der Waals surface area contributed by atoms with E-state index in [0.29, 0.717) is 12.3 Å². The summed E-state index contributed by atoms with van der Waals surface area (Å²) in [5, 5.41) is 3.11. The molecule has 132 valence electrons. The van der Waals surface area contributed by atoms with Crippen molar-refractivity contribution >= 4 is 17.4 Å². The zero-order valence-corrected chi connectivity index (χ0v) is 14.9. The third kappa shape index (κ3) is 2.99. The molecule has 4 nitrogen and oxygen atoms in total. The Balaban J connectivity index is 1.57. The molecule has 1 saturated heterocycles. The van der Waals surface area contributed by atoms with Crippen LogP contribution in [0.2, 0.25) is 0 Å². The SMILES string of the molecule is CCC(=O)N1CCC2(C=C(C(=O)NCC3CC3)c3ccccc32)CC1. The summed E-state index contributed by atoms with van der Waals surface area (Å²) in [6.45, 7) is 4.26. The molecule has 3 aliphatic rings. The van der Waals surface area contributed by atoms with Crippen LogP contribution >= 0.6 is 0 Å². The van der Waals surface area contributed by atoms with Crippen molar-refractivity contribution in [3.05, 3.63) is 41.5 Å². The third-order valence-electron chi connectivity index (χ3n) is 5.98. The number of benzene rings is 1. The van der Waals surface area contributed by atoms with Crippen LogP contribution in [0.4, 0.5) is 0 Å². The fourth-order valence-electron chi connectivity index (χ4n) is 4.22. The number of nitrogens with one attached hydrogen (secondary N) is 1. The number of allylic oxidation sites excluding steroid dienone is 1. The molecule has 1 aromatic rings. The van der Waals surface area contributed by atoms with Crippen LogP contribution < -0.4 is 5.32 Å². The molecule has 0 atom stereocenters. The van der Waals surface area contributed by atoms with Crippen molar-refractivity contribution in [1.29, 1.82) is 0 Å². The van der Waals surface area contributed by atoms with Crippen LogP contribution in [0.3, 0.4) is 0 Å². The molecule has 0 bridgehead atoms. The third-order valence-corrected chi connectivity index (χ3v) is 5.98. The molecule has 1 saturated carbocycles. The van der Waals surface area contributed by atoms with Gasteiger partial charge in [-0.25, -0.2) is 0 Å². The van der Waals surface area contributed by atoms with E-state index < -0.39 is 0 Å². The highest BCUT2D eigenvalue weighted by Crippen LogP contribution is 2.47. The van der Waals surface area contributed by atoms with Gasteiger partial charge in [0, 0.05) is 37.0 Å². The Labute approximate surface area is 149 Å². The quantitative estimate of drug-likeness (QED) is 0.918. The van der Waals surface area contributed by atoms with Gasteiger partial charge in [0.25, 0.3) is 5.91 Å². The van der Waals surface area contributed by atoms with Crippen LogP contribution in [0.5, 0.6) is 0 Å². The second-order valence-corrected chi connectivity index (χ2v) is 7.65. The fraction of sp³-hybridized carbons (Fsp3) is 0.524. The Hall–Kier alpha value is -2.10. The predicted octanol–water partition coefficient (Wildman–Crippen LogP) is 2.88. The monoisotopic (exact) mass is 338 g/mol. The van der Waals surface area contributed by atoms with Crippen LogP contribution in [-0.4, -0.2) is 36.3 Å². The molecule has 4 heteroatoms. The van der Waals surface area contributed by atoms with E-state index in [1.165, 1.54) is 18.4 Å². The van der Waals surface area contributed by atoms with E-state index in [2.05, 4.69) is 29.6 Å². The van der Waals surface area contributed by atoms with Crippen molar-refractivity contribution < 1.29 is 9.59 Å². The summed E-state index contributed by atoms with van der Waals surface area (Å²) in [5.41, 5.74) is 3.07. The van der Waals surface area contributed by atoms with Gasteiger partial charge in [0.1, 0.15) is 0 Å². The van der Waals surface area contributed by atoms with Crippen molar-refractivity contribution in [3.8, 4) is 0 Å². The number of piperidine rings is 1. The Morgan fingerprint density at radius 3 is 2.60 bits per heavy atom.